The molecule has 0 bridgehead atoms. The van der Waals surface area contributed by atoms with E-state index in [0.29, 0.717) is 44.5 Å². The molecular weight excluding hydrogens is 524 g/mol. The van der Waals surface area contributed by atoms with Crippen molar-refractivity contribution in [3.05, 3.63) is 105 Å². The number of hydrogen-bond acceptors (Lipinski definition) is 8. The third-order valence-electron chi connectivity index (χ3n) is 5.89. The molecule has 196 valence electrons. The van der Waals surface area contributed by atoms with Gasteiger partial charge < -0.3 is 19.3 Å². The van der Waals surface area contributed by atoms with Gasteiger partial charge in [0.1, 0.15) is 0 Å². The Labute approximate surface area is 226 Å². The van der Waals surface area contributed by atoms with E-state index in [1.807, 2.05) is 6.07 Å². The van der Waals surface area contributed by atoms with Crippen molar-refractivity contribution >= 4 is 34.6 Å². The first kappa shape index (κ1) is 25.7. The Bertz CT molecular complexity index is 1750. The van der Waals surface area contributed by atoms with E-state index in [0.717, 1.165) is 7.11 Å². The molecule has 0 spiro atoms. The number of carbonyl (C=O) groups excluding carboxylic acids is 2. The van der Waals surface area contributed by atoms with Gasteiger partial charge in [0, 0.05) is 27.2 Å². The van der Waals surface area contributed by atoms with Crippen molar-refractivity contribution in [3.8, 4) is 23.0 Å². The van der Waals surface area contributed by atoms with E-state index in [1.165, 1.54) is 0 Å². The molecule has 39 heavy (non-hydrogen) atoms. The Hall–Kier alpha value is -4.96. The molecular formula is C28H21ClN4O6. The highest BCUT2D eigenvalue weighted by atomic mass is 35.5. The maximum Gasteiger partial charge on any atom is 0.514 e. The summed E-state index contributed by atoms with van der Waals surface area (Å²) in [5, 5.41) is 7.21. The van der Waals surface area contributed by atoms with Crippen LogP contribution in [0.3, 0.4) is 0 Å². The first-order chi connectivity index (χ1) is 18.9. The van der Waals surface area contributed by atoms with Crippen molar-refractivity contribution in [2.24, 2.45) is 0 Å². The summed E-state index contributed by atoms with van der Waals surface area (Å²) >= 11 is 6.26. The maximum absolute atomic E-state index is 13.6. The highest BCUT2D eigenvalue weighted by molar-refractivity contribution is 6.31. The van der Waals surface area contributed by atoms with Crippen molar-refractivity contribution in [3.63, 3.8) is 0 Å². The van der Waals surface area contributed by atoms with E-state index in [9.17, 15) is 14.4 Å². The summed E-state index contributed by atoms with van der Waals surface area (Å²) in [5.74, 6) is 0.279. The lowest BCUT2D eigenvalue weighted by atomic mass is 10.1. The van der Waals surface area contributed by atoms with Crippen molar-refractivity contribution in [2.45, 2.75) is 13.5 Å². The smallest absolute Gasteiger partial charge is 0.437 e. The molecule has 0 unspecified atom stereocenters. The summed E-state index contributed by atoms with van der Waals surface area (Å²) in [6, 6.07) is 20.3. The van der Waals surface area contributed by atoms with Crippen molar-refractivity contribution < 1.29 is 23.6 Å². The number of methoxy groups -OCH3 is 1. The van der Waals surface area contributed by atoms with E-state index < -0.39 is 17.5 Å². The van der Waals surface area contributed by atoms with Crippen LogP contribution in [0.4, 0.5) is 4.79 Å². The fourth-order valence-corrected chi connectivity index (χ4v) is 4.22. The highest BCUT2D eigenvalue weighted by Crippen LogP contribution is 2.29. The van der Waals surface area contributed by atoms with Crippen LogP contribution in [0.2, 0.25) is 5.02 Å². The quantitative estimate of drug-likeness (QED) is 0.293. The zero-order valence-corrected chi connectivity index (χ0v) is 21.6. The van der Waals surface area contributed by atoms with Gasteiger partial charge in [0.25, 0.3) is 11.8 Å². The third kappa shape index (κ3) is 5.23. The average molecular weight is 545 g/mol. The number of para-hydroxylation sites is 1. The Balaban J connectivity index is 1.55. The predicted octanol–water partition coefficient (Wildman–Crippen LogP) is 5.08. The van der Waals surface area contributed by atoms with Crippen molar-refractivity contribution in [1.82, 2.24) is 20.0 Å². The number of benzene rings is 3. The van der Waals surface area contributed by atoms with E-state index >= 15 is 0 Å². The number of rotatable bonds is 6. The lowest BCUT2D eigenvalue weighted by molar-refractivity contribution is 0.0950. The van der Waals surface area contributed by atoms with Crippen LogP contribution in [0.25, 0.3) is 28.0 Å². The van der Waals surface area contributed by atoms with Gasteiger partial charge in [-0.1, -0.05) is 35.0 Å². The van der Waals surface area contributed by atoms with Gasteiger partial charge in [0.15, 0.2) is 11.3 Å². The number of aryl methyl sites for hydroxylation is 1. The fraction of sp³-hybridized carbons (Fsp3) is 0.107. The number of nitrogens with zero attached hydrogens (tertiary/aromatic N) is 3. The fourth-order valence-electron chi connectivity index (χ4n) is 4.05. The minimum atomic E-state index is -1.03. The second kappa shape index (κ2) is 10.8. The van der Waals surface area contributed by atoms with E-state index in [4.69, 9.17) is 25.6 Å². The van der Waals surface area contributed by atoms with Gasteiger partial charge in [0.05, 0.1) is 24.7 Å². The van der Waals surface area contributed by atoms with Gasteiger partial charge >= 0.3 is 6.16 Å². The number of carbonyl (C=O) groups is 2. The van der Waals surface area contributed by atoms with Crippen LogP contribution >= 0.6 is 11.6 Å². The molecule has 2 heterocycles. The molecule has 0 radical (unpaired) electrons. The van der Waals surface area contributed by atoms with Crippen molar-refractivity contribution in [1.29, 1.82) is 0 Å². The summed E-state index contributed by atoms with van der Waals surface area (Å²) in [6.45, 7) is 1.47. The molecule has 1 amide bonds. The van der Waals surface area contributed by atoms with Crippen LogP contribution in [-0.4, -0.2) is 33.9 Å². The SMILES string of the molecule is COC(=O)Oc1c(CNC(=O)c2ccc(-c3nc(C)no3)cc2)c(=O)c2ccc(Cl)cc2n1-c1ccccc1. The van der Waals surface area contributed by atoms with E-state index in [-0.39, 0.29) is 18.0 Å². The first-order valence-corrected chi connectivity index (χ1v) is 12.1. The van der Waals surface area contributed by atoms with Gasteiger partial charge in [-0.05, 0) is 61.5 Å². The summed E-state index contributed by atoms with van der Waals surface area (Å²) in [5.41, 5.74) is 1.62. The Morgan fingerprint density at radius 3 is 2.46 bits per heavy atom. The van der Waals surface area contributed by atoms with Crippen LogP contribution in [0, 0.1) is 6.92 Å². The molecule has 5 aromatic rings. The van der Waals surface area contributed by atoms with E-state index in [2.05, 4.69) is 15.5 Å². The Morgan fingerprint density at radius 1 is 1.05 bits per heavy atom. The molecule has 0 aliphatic rings. The standard InChI is InChI=1S/C28H21ClN4O6/c1-16-31-26(39-32-16)18-10-8-17(9-11-18)25(35)30-15-22-24(34)21-13-12-19(29)14-23(21)33(20-6-4-3-5-7-20)27(22)38-28(36)37-2/h3-14H,15H2,1-2H3,(H,30,35). The van der Waals surface area contributed by atoms with Gasteiger partial charge in [-0.25, -0.2) is 4.79 Å². The van der Waals surface area contributed by atoms with Crippen LogP contribution in [-0.2, 0) is 11.3 Å². The molecule has 0 aliphatic carbocycles. The number of fused-ring (bicyclic) bond motifs is 1. The minimum Gasteiger partial charge on any atom is -0.437 e. The Morgan fingerprint density at radius 2 is 1.79 bits per heavy atom. The number of amides is 1. The molecule has 0 saturated carbocycles. The van der Waals surface area contributed by atoms with Crippen LogP contribution in [0.15, 0.2) is 82.1 Å². The molecule has 3 aromatic carbocycles. The molecule has 0 aliphatic heterocycles. The van der Waals surface area contributed by atoms with Crippen LogP contribution in [0.1, 0.15) is 21.7 Å². The highest BCUT2D eigenvalue weighted by Gasteiger charge is 2.23. The van der Waals surface area contributed by atoms with Crippen LogP contribution in [0.5, 0.6) is 5.88 Å². The summed E-state index contributed by atoms with van der Waals surface area (Å²) in [7, 11) is 1.16. The Kier molecular flexibility index (Phi) is 7.11. The largest absolute Gasteiger partial charge is 0.514 e. The van der Waals surface area contributed by atoms with Crippen molar-refractivity contribution in [2.75, 3.05) is 7.11 Å². The monoisotopic (exact) mass is 544 g/mol. The average Bonchev–Trinajstić information content (AvgIpc) is 3.39. The summed E-state index contributed by atoms with van der Waals surface area (Å²) < 4.78 is 17.0. The minimum absolute atomic E-state index is 0.0466. The molecule has 1 N–H and O–H groups in total. The molecule has 0 saturated heterocycles. The zero-order chi connectivity index (χ0) is 27.5. The summed E-state index contributed by atoms with van der Waals surface area (Å²) in [4.78, 5) is 43.0. The molecule has 5 rings (SSSR count). The lowest BCUT2D eigenvalue weighted by Crippen LogP contribution is -2.29. The van der Waals surface area contributed by atoms with Crippen LogP contribution < -0.4 is 15.5 Å². The van der Waals surface area contributed by atoms with Gasteiger partial charge in [-0.2, -0.15) is 4.98 Å². The topological polar surface area (TPSA) is 126 Å². The summed E-state index contributed by atoms with van der Waals surface area (Å²) in [6.07, 6.45) is -1.03. The third-order valence-corrected chi connectivity index (χ3v) is 6.12. The lowest BCUT2D eigenvalue weighted by Gasteiger charge is -2.20. The molecule has 0 fully saturated rings. The number of nitrogens with one attached hydrogen (secondary N) is 1. The zero-order valence-electron chi connectivity index (χ0n) is 20.8. The van der Waals surface area contributed by atoms with Gasteiger partial charge in [0.2, 0.25) is 5.88 Å². The molecule has 0 atom stereocenters. The number of halogens is 1. The molecule has 11 heteroatoms. The van der Waals surface area contributed by atoms with E-state index in [1.54, 1.807) is 78.2 Å². The van der Waals surface area contributed by atoms with Gasteiger partial charge in [-0.15, -0.1) is 0 Å². The number of hydrogen-bond donors (Lipinski definition) is 1. The van der Waals surface area contributed by atoms with Gasteiger partial charge in [-0.3, -0.25) is 14.2 Å². The number of aromatic nitrogens is 3. The second-order valence-corrected chi connectivity index (χ2v) is 8.84. The normalized spacial score (nSPS) is 10.8. The molecule has 2 aromatic heterocycles. The number of pyridine rings is 1. The molecule has 10 nitrogen and oxygen atoms in total. The second-order valence-electron chi connectivity index (χ2n) is 8.41. The number of ether oxygens (including phenoxy) is 2. The first-order valence-electron chi connectivity index (χ1n) is 11.7. The predicted molar refractivity (Wildman–Crippen MR) is 143 cm³/mol. The maximum atomic E-state index is 13.6.